The quantitative estimate of drug-likeness (QED) is 0.924. The number of benzene rings is 1. The van der Waals surface area contributed by atoms with Crippen LogP contribution < -0.4 is 5.32 Å². The number of rotatable bonds is 2. The van der Waals surface area contributed by atoms with Gasteiger partial charge < -0.3 is 10.2 Å². The van der Waals surface area contributed by atoms with Crippen molar-refractivity contribution in [3.8, 4) is 10.4 Å². The van der Waals surface area contributed by atoms with Gasteiger partial charge >= 0.3 is 0 Å². The molecule has 2 saturated heterocycles. The first-order chi connectivity index (χ1) is 10.3. The van der Waals surface area contributed by atoms with Crippen molar-refractivity contribution < 1.29 is 4.79 Å². The SMILES string of the molecule is O=C(c1ccccc1-c1cccs1)N1C[C@@H]2CCNC[C@@H]21. The lowest BCUT2D eigenvalue weighted by Crippen LogP contribution is -2.65. The Labute approximate surface area is 128 Å². The zero-order valence-corrected chi connectivity index (χ0v) is 12.6. The molecule has 0 unspecified atom stereocenters. The summed E-state index contributed by atoms with van der Waals surface area (Å²) in [6.07, 6.45) is 1.20. The Kier molecular flexibility index (Phi) is 3.28. The van der Waals surface area contributed by atoms with Crippen LogP contribution in [0.15, 0.2) is 41.8 Å². The first-order valence-electron chi connectivity index (χ1n) is 7.49. The zero-order valence-electron chi connectivity index (χ0n) is 11.8. The average molecular weight is 298 g/mol. The number of nitrogens with one attached hydrogen (secondary N) is 1. The van der Waals surface area contributed by atoms with Gasteiger partial charge in [-0.1, -0.05) is 24.3 Å². The van der Waals surface area contributed by atoms with Crippen molar-refractivity contribution in [1.82, 2.24) is 10.2 Å². The van der Waals surface area contributed by atoms with Crippen molar-refractivity contribution in [2.75, 3.05) is 19.6 Å². The summed E-state index contributed by atoms with van der Waals surface area (Å²) in [5, 5.41) is 5.46. The van der Waals surface area contributed by atoms with Crippen LogP contribution >= 0.6 is 11.3 Å². The van der Waals surface area contributed by atoms with Gasteiger partial charge in [-0.05, 0) is 36.4 Å². The van der Waals surface area contributed by atoms with Gasteiger partial charge in [0.25, 0.3) is 5.91 Å². The summed E-state index contributed by atoms with van der Waals surface area (Å²) in [6.45, 7) is 2.95. The molecule has 2 fully saturated rings. The zero-order chi connectivity index (χ0) is 14.2. The molecule has 108 valence electrons. The van der Waals surface area contributed by atoms with Gasteiger partial charge in [0.15, 0.2) is 0 Å². The van der Waals surface area contributed by atoms with Crippen molar-refractivity contribution in [2.45, 2.75) is 12.5 Å². The maximum Gasteiger partial charge on any atom is 0.254 e. The second kappa shape index (κ2) is 5.28. The van der Waals surface area contributed by atoms with Crippen molar-refractivity contribution in [1.29, 1.82) is 0 Å². The minimum Gasteiger partial charge on any atom is -0.334 e. The summed E-state index contributed by atoms with van der Waals surface area (Å²) in [5.41, 5.74) is 1.90. The number of hydrogen-bond acceptors (Lipinski definition) is 3. The monoisotopic (exact) mass is 298 g/mol. The van der Waals surface area contributed by atoms with E-state index in [1.165, 1.54) is 6.42 Å². The molecular formula is C17H18N2OS. The Hall–Kier alpha value is -1.65. The van der Waals surface area contributed by atoms with Gasteiger partial charge in [0.1, 0.15) is 0 Å². The number of hydrogen-bond donors (Lipinski definition) is 1. The Morgan fingerprint density at radius 1 is 1.24 bits per heavy atom. The molecule has 2 atom stereocenters. The Balaban J connectivity index is 1.63. The molecule has 2 aliphatic rings. The molecule has 0 aliphatic carbocycles. The lowest BCUT2D eigenvalue weighted by Gasteiger charge is -2.51. The first-order valence-corrected chi connectivity index (χ1v) is 8.37. The van der Waals surface area contributed by atoms with Gasteiger partial charge in [-0.3, -0.25) is 4.79 Å². The number of carbonyl (C=O) groups is 1. The van der Waals surface area contributed by atoms with Gasteiger partial charge in [-0.2, -0.15) is 0 Å². The van der Waals surface area contributed by atoms with Crippen molar-refractivity contribution in [2.24, 2.45) is 5.92 Å². The standard InChI is InChI=1S/C17H18N2OS/c20-17(19-11-12-7-8-18-10-15(12)19)14-5-2-1-4-13(14)16-6-3-9-21-16/h1-6,9,12,15,18H,7-8,10-11H2/t12-,15-/m0/s1. The molecule has 1 aromatic carbocycles. The third kappa shape index (κ3) is 2.19. The number of amides is 1. The van der Waals surface area contributed by atoms with Crippen molar-refractivity contribution in [3.63, 3.8) is 0 Å². The van der Waals surface area contributed by atoms with E-state index in [9.17, 15) is 4.79 Å². The van der Waals surface area contributed by atoms with Gasteiger partial charge in [0.05, 0.1) is 0 Å². The lowest BCUT2D eigenvalue weighted by atomic mass is 9.82. The molecule has 0 saturated carbocycles. The number of likely N-dealkylation sites (tertiary alicyclic amines) is 1. The molecule has 0 spiro atoms. The second-order valence-corrected chi connectivity index (χ2v) is 6.75. The summed E-state index contributed by atoms with van der Waals surface area (Å²) in [5.74, 6) is 0.882. The van der Waals surface area contributed by atoms with Crippen LogP contribution in [-0.2, 0) is 0 Å². The molecule has 4 heteroatoms. The minimum atomic E-state index is 0.184. The average Bonchev–Trinajstić information content (AvgIpc) is 3.02. The first kappa shape index (κ1) is 13.0. The Morgan fingerprint density at radius 3 is 2.95 bits per heavy atom. The Bertz CT molecular complexity index is 653. The van der Waals surface area contributed by atoms with Crippen molar-refractivity contribution >= 4 is 17.2 Å². The predicted octanol–water partition coefficient (Wildman–Crippen LogP) is 2.85. The normalized spacial score (nSPS) is 24.3. The van der Waals surface area contributed by atoms with E-state index in [2.05, 4.69) is 22.8 Å². The third-order valence-electron chi connectivity index (χ3n) is 4.63. The molecule has 1 amide bonds. The number of thiophene rings is 1. The van der Waals surface area contributed by atoms with E-state index in [0.717, 1.165) is 35.6 Å². The molecule has 3 nitrogen and oxygen atoms in total. The molecule has 0 radical (unpaired) electrons. The van der Waals surface area contributed by atoms with Gasteiger partial charge in [-0.15, -0.1) is 11.3 Å². The van der Waals surface area contributed by atoms with E-state index in [4.69, 9.17) is 0 Å². The summed E-state index contributed by atoms with van der Waals surface area (Å²) in [4.78, 5) is 16.1. The molecular weight excluding hydrogens is 280 g/mol. The van der Waals surface area contributed by atoms with Crippen LogP contribution in [-0.4, -0.2) is 36.5 Å². The fraction of sp³-hybridized carbons (Fsp3) is 0.353. The van der Waals surface area contributed by atoms with Crippen LogP contribution in [0.2, 0.25) is 0 Å². The minimum absolute atomic E-state index is 0.184. The van der Waals surface area contributed by atoms with Crippen LogP contribution in [0.1, 0.15) is 16.8 Å². The predicted molar refractivity (Wildman–Crippen MR) is 85.6 cm³/mol. The fourth-order valence-corrected chi connectivity index (χ4v) is 4.19. The van der Waals surface area contributed by atoms with Gasteiger partial charge in [0.2, 0.25) is 0 Å². The van der Waals surface area contributed by atoms with E-state index in [1.807, 2.05) is 29.2 Å². The van der Waals surface area contributed by atoms with Crippen LogP contribution in [0.3, 0.4) is 0 Å². The fourth-order valence-electron chi connectivity index (χ4n) is 3.43. The van der Waals surface area contributed by atoms with E-state index in [0.29, 0.717) is 12.0 Å². The van der Waals surface area contributed by atoms with E-state index >= 15 is 0 Å². The largest absolute Gasteiger partial charge is 0.334 e. The highest BCUT2D eigenvalue weighted by Crippen LogP contribution is 2.34. The molecule has 1 aromatic heterocycles. The van der Waals surface area contributed by atoms with E-state index < -0.39 is 0 Å². The molecule has 3 heterocycles. The highest BCUT2D eigenvalue weighted by molar-refractivity contribution is 7.13. The van der Waals surface area contributed by atoms with Crippen LogP contribution in [0.25, 0.3) is 10.4 Å². The molecule has 2 aromatic rings. The summed E-state index contributed by atoms with van der Waals surface area (Å²) in [7, 11) is 0. The molecule has 4 rings (SSSR count). The summed E-state index contributed by atoms with van der Waals surface area (Å²) in [6, 6.07) is 12.5. The van der Waals surface area contributed by atoms with E-state index in [-0.39, 0.29) is 5.91 Å². The highest BCUT2D eigenvalue weighted by Gasteiger charge is 2.43. The van der Waals surface area contributed by atoms with Gasteiger partial charge in [0, 0.05) is 35.1 Å². The maximum atomic E-state index is 12.9. The molecule has 2 aliphatic heterocycles. The topological polar surface area (TPSA) is 32.3 Å². The summed E-state index contributed by atoms with van der Waals surface area (Å²) < 4.78 is 0. The smallest absolute Gasteiger partial charge is 0.254 e. The van der Waals surface area contributed by atoms with Gasteiger partial charge in [-0.25, -0.2) is 0 Å². The number of piperidine rings is 1. The van der Waals surface area contributed by atoms with Crippen molar-refractivity contribution in [3.05, 3.63) is 47.3 Å². The Morgan fingerprint density at radius 2 is 2.14 bits per heavy atom. The lowest BCUT2D eigenvalue weighted by molar-refractivity contribution is 0.00288. The molecule has 0 bridgehead atoms. The molecule has 21 heavy (non-hydrogen) atoms. The third-order valence-corrected chi connectivity index (χ3v) is 5.53. The highest BCUT2D eigenvalue weighted by atomic mass is 32.1. The maximum absolute atomic E-state index is 12.9. The van der Waals surface area contributed by atoms with Crippen LogP contribution in [0, 0.1) is 5.92 Å². The number of carbonyl (C=O) groups excluding carboxylic acids is 1. The second-order valence-electron chi connectivity index (χ2n) is 5.80. The summed E-state index contributed by atoms with van der Waals surface area (Å²) >= 11 is 1.68. The molecule has 1 N–H and O–H groups in total. The van der Waals surface area contributed by atoms with Crippen LogP contribution in [0.5, 0.6) is 0 Å². The van der Waals surface area contributed by atoms with E-state index in [1.54, 1.807) is 11.3 Å². The number of nitrogens with zero attached hydrogens (tertiary/aromatic N) is 1. The number of fused-ring (bicyclic) bond motifs is 1. The van der Waals surface area contributed by atoms with Crippen LogP contribution in [0.4, 0.5) is 0 Å².